The van der Waals surface area contributed by atoms with E-state index in [1.165, 1.54) is 0 Å². The fraction of sp³-hybridized carbons (Fsp3) is 0.542. The highest BCUT2D eigenvalue weighted by Crippen LogP contribution is 2.17. The van der Waals surface area contributed by atoms with Gasteiger partial charge in [0, 0.05) is 58.2 Å². The van der Waals surface area contributed by atoms with Crippen LogP contribution in [0.25, 0.3) is 5.69 Å². The van der Waals surface area contributed by atoms with Crippen molar-refractivity contribution in [3.8, 4) is 5.69 Å². The summed E-state index contributed by atoms with van der Waals surface area (Å²) in [5.74, 6) is 1.22. The van der Waals surface area contributed by atoms with Crippen LogP contribution in [0.2, 0.25) is 0 Å². The number of rotatable bonds is 6. The molecule has 0 aliphatic carbocycles. The number of guanidine groups is 1. The summed E-state index contributed by atoms with van der Waals surface area (Å²) in [6.07, 6.45) is 7.84. The quantitative estimate of drug-likeness (QED) is 0.553. The first-order valence-corrected chi connectivity index (χ1v) is 11.8. The van der Waals surface area contributed by atoms with E-state index in [9.17, 15) is 4.79 Å². The lowest BCUT2D eigenvalue weighted by Crippen LogP contribution is -2.57. The zero-order chi connectivity index (χ0) is 22.3. The molecule has 1 N–H and O–H groups in total. The van der Waals surface area contributed by atoms with E-state index < -0.39 is 0 Å². The molecule has 3 heterocycles. The zero-order valence-electron chi connectivity index (χ0n) is 19.3. The van der Waals surface area contributed by atoms with Crippen LogP contribution in [0.1, 0.15) is 32.3 Å². The van der Waals surface area contributed by atoms with Gasteiger partial charge in [-0.15, -0.1) is 0 Å². The Balaban J connectivity index is 1.39. The predicted octanol–water partition coefficient (Wildman–Crippen LogP) is 1.97. The molecule has 8 heteroatoms. The number of aromatic nitrogens is 2. The summed E-state index contributed by atoms with van der Waals surface area (Å²) in [5, 5.41) is 3.45. The van der Waals surface area contributed by atoms with E-state index in [0.717, 1.165) is 75.9 Å². The lowest BCUT2D eigenvalue weighted by molar-refractivity contribution is -0.135. The van der Waals surface area contributed by atoms with Gasteiger partial charge < -0.3 is 19.7 Å². The topological polar surface area (TPSA) is 69.0 Å². The van der Waals surface area contributed by atoms with Crippen molar-refractivity contribution in [2.45, 2.75) is 39.3 Å². The van der Waals surface area contributed by atoms with Crippen molar-refractivity contribution < 1.29 is 4.79 Å². The summed E-state index contributed by atoms with van der Waals surface area (Å²) in [6, 6.07) is 8.26. The standard InChI is InChI=1S/C24H35N7O/c1-3-26-24(27-18-21-8-4-5-9-22(21)31-13-10-25-19-31)30-16-14-28(15-17-30)20(2)23(32)29-11-6-7-12-29/h4-5,8-10,13,19-20H,3,6-7,11-12,14-18H2,1-2H3,(H,26,27). The van der Waals surface area contributed by atoms with Crippen LogP contribution in [0.3, 0.4) is 0 Å². The van der Waals surface area contributed by atoms with Crippen molar-refractivity contribution in [3.63, 3.8) is 0 Å². The van der Waals surface area contributed by atoms with Crippen LogP contribution >= 0.6 is 0 Å². The number of aliphatic imine (C=N–C) groups is 1. The fourth-order valence-corrected chi connectivity index (χ4v) is 4.56. The molecule has 0 spiro atoms. The molecule has 8 nitrogen and oxygen atoms in total. The maximum Gasteiger partial charge on any atom is 0.239 e. The number of amides is 1. The molecule has 2 aliphatic rings. The normalized spacial score (nSPS) is 18.8. The average Bonchev–Trinajstić information content (AvgIpc) is 3.56. The van der Waals surface area contributed by atoms with Gasteiger partial charge in [0.1, 0.15) is 0 Å². The van der Waals surface area contributed by atoms with Crippen LogP contribution < -0.4 is 5.32 Å². The molecule has 0 bridgehead atoms. The lowest BCUT2D eigenvalue weighted by atomic mass is 10.2. The molecule has 1 atom stereocenters. The molecule has 2 aromatic rings. The maximum atomic E-state index is 12.8. The Morgan fingerprint density at radius 2 is 1.84 bits per heavy atom. The minimum Gasteiger partial charge on any atom is -0.357 e. The third-order valence-corrected chi connectivity index (χ3v) is 6.44. The summed E-state index contributed by atoms with van der Waals surface area (Å²) < 4.78 is 2.02. The minimum atomic E-state index is -0.0446. The lowest BCUT2D eigenvalue weighted by Gasteiger charge is -2.39. The number of piperazine rings is 1. The van der Waals surface area contributed by atoms with Gasteiger partial charge >= 0.3 is 0 Å². The molecule has 1 aromatic heterocycles. The van der Waals surface area contributed by atoms with Crippen LogP contribution in [0, 0.1) is 0 Å². The number of benzene rings is 1. The average molecular weight is 438 g/mol. The molecule has 0 saturated carbocycles. The van der Waals surface area contributed by atoms with Gasteiger partial charge in [0.2, 0.25) is 5.91 Å². The van der Waals surface area contributed by atoms with Gasteiger partial charge in [-0.25, -0.2) is 9.98 Å². The van der Waals surface area contributed by atoms with Gasteiger partial charge in [0.05, 0.1) is 24.6 Å². The number of carbonyl (C=O) groups excluding carboxylic acids is 1. The highest BCUT2D eigenvalue weighted by atomic mass is 16.2. The maximum absolute atomic E-state index is 12.8. The smallest absolute Gasteiger partial charge is 0.239 e. The van der Waals surface area contributed by atoms with Crippen LogP contribution in [0.15, 0.2) is 48.0 Å². The zero-order valence-corrected chi connectivity index (χ0v) is 19.3. The summed E-state index contributed by atoms with van der Waals surface area (Å²) >= 11 is 0. The van der Waals surface area contributed by atoms with Crippen LogP contribution in [-0.2, 0) is 11.3 Å². The molecule has 32 heavy (non-hydrogen) atoms. The molecule has 2 fully saturated rings. The van der Waals surface area contributed by atoms with Crippen molar-refractivity contribution in [2.24, 2.45) is 4.99 Å². The third-order valence-electron chi connectivity index (χ3n) is 6.44. The molecule has 172 valence electrons. The van der Waals surface area contributed by atoms with E-state index in [0.29, 0.717) is 6.54 Å². The summed E-state index contributed by atoms with van der Waals surface area (Å²) in [6.45, 7) is 10.9. The van der Waals surface area contributed by atoms with Crippen LogP contribution in [-0.4, -0.2) is 88.0 Å². The number of hydrogen-bond donors (Lipinski definition) is 1. The van der Waals surface area contributed by atoms with Gasteiger partial charge in [0.15, 0.2) is 5.96 Å². The predicted molar refractivity (Wildman–Crippen MR) is 127 cm³/mol. The largest absolute Gasteiger partial charge is 0.357 e. The van der Waals surface area contributed by atoms with Crippen molar-refractivity contribution in [2.75, 3.05) is 45.8 Å². The minimum absolute atomic E-state index is 0.0446. The van der Waals surface area contributed by atoms with Gasteiger partial charge in [-0.3, -0.25) is 9.69 Å². The number of nitrogens with zero attached hydrogens (tertiary/aromatic N) is 6. The number of carbonyl (C=O) groups is 1. The number of imidazole rings is 1. The fourth-order valence-electron chi connectivity index (χ4n) is 4.56. The molecular formula is C24H35N7O. The molecule has 0 radical (unpaired) electrons. The van der Waals surface area contributed by atoms with Gasteiger partial charge in [0.25, 0.3) is 0 Å². The Bertz CT molecular complexity index is 897. The Kier molecular flexibility index (Phi) is 7.42. The van der Waals surface area contributed by atoms with Crippen LogP contribution in [0.4, 0.5) is 0 Å². The molecule has 2 aliphatic heterocycles. The second-order valence-electron chi connectivity index (χ2n) is 8.50. The molecule has 4 rings (SSSR count). The van der Waals surface area contributed by atoms with E-state index in [-0.39, 0.29) is 11.9 Å². The monoisotopic (exact) mass is 437 g/mol. The number of para-hydroxylation sites is 1. The van der Waals surface area contributed by atoms with Crippen molar-refractivity contribution in [1.29, 1.82) is 0 Å². The van der Waals surface area contributed by atoms with Gasteiger partial charge in [-0.05, 0) is 38.3 Å². The number of nitrogens with one attached hydrogen (secondary N) is 1. The van der Waals surface area contributed by atoms with E-state index in [4.69, 9.17) is 4.99 Å². The Hall–Kier alpha value is -2.87. The summed E-state index contributed by atoms with van der Waals surface area (Å²) in [4.78, 5) is 28.6. The summed E-state index contributed by atoms with van der Waals surface area (Å²) in [5.41, 5.74) is 2.26. The second kappa shape index (κ2) is 10.6. The third kappa shape index (κ3) is 5.12. The van der Waals surface area contributed by atoms with E-state index in [1.54, 1.807) is 6.20 Å². The van der Waals surface area contributed by atoms with E-state index >= 15 is 0 Å². The van der Waals surface area contributed by atoms with Gasteiger partial charge in [-0.2, -0.15) is 0 Å². The SMILES string of the molecule is CCNC(=NCc1ccccc1-n1ccnc1)N1CCN(C(C)C(=O)N2CCCC2)CC1. The first-order chi connectivity index (χ1) is 15.7. The van der Waals surface area contributed by atoms with E-state index in [2.05, 4.69) is 52.1 Å². The van der Waals surface area contributed by atoms with Crippen LogP contribution in [0.5, 0.6) is 0 Å². The van der Waals surface area contributed by atoms with Gasteiger partial charge in [-0.1, -0.05) is 18.2 Å². The number of likely N-dealkylation sites (tertiary alicyclic amines) is 1. The highest BCUT2D eigenvalue weighted by Gasteiger charge is 2.30. The number of hydrogen-bond acceptors (Lipinski definition) is 4. The Morgan fingerprint density at radius 1 is 1.09 bits per heavy atom. The second-order valence-corrected chi connectivity index (χ2v) is 8.50. The molecule has 1 aromatic carbocycles. The van der Waals surface area contributed by atoms with Crippen molar-refractivity contribution in [3.05, 3.63) is 48.5 Å². The molecular weight excluding hydrogens is 402 g/mol. The molecule has 2 saturated heterocycles. The van der Waals surface area contributed by atoms with Crippen molar-refractivity contribution in [1.82, 2.24) is 29.6 Å². The summed E-state index contributed by atoms with van der Waals surface area (Å²) in [7, 11) is 0. The first-order valence-electron chi connectivity index (χ1n) is 11.8. The molecule has 1 amide bonds. The Morgan fingerprint density at radius 3 is 2.53 bits per heavy atom. The molecule has 1 unspecified atom stereocenters. The Labute approximate surface area is 190 Å². The van der Waals surface area contributed by atoms with Crippen molar-refractivity contribution >= 4 is 11.9 Å². The first kappa shape index (κ1) is 22.3. The van der Waals surface area contributed by atoms with E-state index in [1.807, 2.05) is 28.1 Å². The highest BCUT2D eigenvalue weighted by molar-refractivity contribution is 5.82.